The molecule has 5 rings (SSSR count). The summed E-state index contributed by atoms with van der Waals surface area (Å²) in [6, 6.07) is 19.8. The van der Waals surface area contributed by atoms with Gasteiger partial charge in [0.05, 0.1) is 30.9 Å². The lowest BCUT2D eigenvalue weighted by molar-refractivity contribution is -0.138. The molecular weight excluding hydrogens is 487 g/mol. The summed E-state index contributed by atoms with van der Waals surface area (Å²) >= 11 is 0. The lowest BCUT2D eigenvalue weighted by atomic mass is 9.78. The summed E-state index contributed by atoms with van der Waals surface area (Å²) in [5.41, 5.74) is 3.87. The van der Waals surface area contributed by atoms with Crippen LogP contribution in [0.25, 0.3) is 0 Å². The highest BCUT2D eigenvalue weighted by atomic mass is 19.1. The molecule has 0 fully saturated rings. The molecule has 38 heavy (non-hydrogen) atoms. The number of para-hydroxylation sites is 2. The van der Waals surface area contributed by atoms with E-state index in [1.54, 1.807) is 54.5 Å². The van der Waals surface area contributed by atoms with E-state index in [-0.39, 0.29) is 36.8 Å². The molecule has 1 amide bonds. The highest BCUT2D eigenvalue weighted by Crippen LogP contribution is 2.48. The topological polar surface area (TPSA) is 95.9 Å². The highest BCUT2D eigenvalue weighted by molar-refractivity contribution is 6.06. The number of nitrogens with zero attached hydrogens (tertiary/aromatic N) is 1. The zero-order valence-electron chi connectivity index (χ0n) is 20.8. The van der Waals surface area contributed by atoms with Crippen LogP contribution in [0.15, 0.2) is 84.1 Å². The number of allylic oxidation sites excluding steroid dienone is 1. The summed E-state index contributed by atoms with van der Waals surface area (Å²) in [4.78, 5) is 40.5. The molecule has 2 atom stereocenters. The Morgan fingerprint density at radius 3 is 2.50 bits per heavy atom. The molecule has 3 aromatic rings. The van der Waals surface area contributed by atoms with Gasteiger partial charge in [-0.05, 0) is 59.9 Å². The largest absolute Gasteiger partial charge is 0.497 e. The Balaban J connectivity index is 1.68. The predicted octanol–water partition coefficient (Wildman–Crippen LogP) is 5.60. The van der Waals surface area contributed by atoms with Gasteiger partial charge in [0.2, 0.25) is 5.91 Å². The van der Waals surface area contributed by atoms with Gasteiger partial charge in [-0.2, -0.15) is 0 Å². The maximum atomic E-state index is 13.9. The molecular formula is C30H27FN2O5. The summed E-state index contributed by atoms with van der Waals surface area (Å²) in [7, 11) is 1.54. The number of nitrogens with one attached hydrogen (secondary N) is 1. The maximum Gasteiger partial charge on any atom is 0.303 e. The Labute approximate surface area is 219 Å². The predicted molar refractivity (Wildman–Crippen MR) is 141 cm³/mol. The first-order chi connectivity index (χ1) is 18.4. The van der Waals surface area contributed by atoms with Crippen molar-refractivity contribution in [3.8, 4) is 5.75 Å². The van der Waals surface area contributed by atoms with Gasteiger partial charge in [0.1, 0.15) is 11.6 Å². The van der Waals surface area contributed by atoms with Crippen molar-refractivity contribution in [3.63, 3.8) is 0 Å². The van der Waals surface area contributed by atoms with E-state index in [9.17, 15) is 23.9 Å². The number of halogens is 1. The molecule has 0 aromatic heterocycles. The quantitative estimate of drug-likeness (QED) is 0.445. The third-order valence-electron chi connectivity index (χ3n) is 7.06. The number of anilines is 2. The number of amides is 1. The Kier molecular flexibility index (Phi) is 6.96. The van der Waals surface area contributed by atoms with Crippen molar-refractivity contribution in [2.24, 2.45) is 0 Å². The molecule has 0 radical (unpaired) electrons. The third kappa shape index (κ3) is 4.89. The first kappa shape index (κ1) is 25.2. The summed E-state index contributed by atoms with van der Waals surface area (Å²) in [6.45, 7) is 0. The minimum atomic E-state index is -1.08. The van der Waals surface area contributed by atoms with Gasteiger partial charge >= 0.3 is 5.97 Å². The number of rotatable bonds is 6. The summed E-state index contributed by atoms with van der Waals surface area (Å²) in [5, 5.41) is 12.7. The normalized spacial score (nSPS) is 18.7. The molecule has 0 bridgehead atoms. The van der Waals surface area contributed by atoms with Crippen LogP contribution in [0.3, 0.4) is 0 Å². The van der Waals surface area contributed by atoms with E-state index in [2.05, 4.69) is 5.32 Å². The molecule has 0 spiro atoms. The van der Waals surface area contributed by atoms with Gasteiger partial charge in [-0.25, -0.2) is 4.39 Å². The van der Waals surface area contributed by atoms with Crippen molar-refractivity contribution < 1.29 is 28.6 Å². The fraction of sp³-hybridized carbons (Fsp3) is 0.233. The highest BCUT2D eigenvalue weighted by Gasteiger charge is 2.41. The van der Waals surface area contributed by atoms with Crippen molar-refractivity contribution in [2.45, 2.75) is 37.6 Å². The second-order valence-corrected chi connectivity index (χ2v) is 9.45. The summed E-state index contributed by atoms with van der Waals surface area (Å²) in [6.07, 6.45) is 0.125. The SMILES string of the molecule is COc1cccc([C@@H]2C3=C(C[C@@H](c4ccc(F)cc4)CC3=O)Nc3ccccc3N2C(=O)CCC(=O)O)c1. The van der Waals surface area contributed by atoms with Crippen LogP contribution in [-0.4, -0.2) is 29.9 Å². The summed E-state index contributed by atoms with van der Waals surface area (Å²) < 4.78 is 19.0. The fourth-order valence-electron chi connectivity index (χ4n) is 5.30. The number of hydrogen-bond donors (Lipinski definition) is 2. The van der Waals surface area contributed by atoms with E-state index in [0.29, 0.717) is 40.4 Å². The van der Waals surface area contributed by atoms with Gasteiger partial charge in [-0.15, -0.1) is 0 Å². The van der Waals surface area contributed by atoms with Crippen LogP contribution in [0, 0.1) is 5.82 Å². The molecule has 1 heterocycles. The molecule has 1 aliphatic heterocycles. The van der Waals surface area contributed by atoms with Gasteiger partial charge in [-0.3, -0.25) is 19.3 Å². The van der Waals surface area contributed by atoms with Crippen LogP contribution >= 0.6 is 0 Å². The van der Waals surface area contributed by atoms with Gasteiger partial charge in [0.15, 0.2) is 5.78 Å². The number of methoxy groups -OCH3 is 1. The minimum absolute atomic E-state index is 0.135. The number of ketones is 1. The zero-order chi connectivity index (χ0) is 26.8. The Hall–Kier alpha value is -4.46. The van der Waals surface area contributed by atoms with Gasteiger partial charge < -0.3 is 15.2 Å². The number of aliphatic carboxylic acids is 1. The van der Waals surface area contributed by atoms with E-state index >= 15 is 0 Å². The average molecular weight is 515 g/mol. The van der Waals surface area contributed by atoms with Crippen LogP contribution in [0.4, 0.5) is 15.8 Å². The molecule has 2 N–H and O–H groups in total. The van der Waals surface area contributed by atoms with E-state index in [4.69, 9.17) is 4.74 Å². The van der Waals surface area contributed by atoms with E-state index in [1.807, 2.05) is 18.2 Å². The van der Waals surface area contributed by atoms with Gasteiger partial charge in [-0.1, -0.05) is 36.4 Å². The summed E-state index contributed by atoms with van der Waals surface area (Å²) in [5.74, 6) is -1.55. The first-order valence-electron chi connectivity index (χ1n) is 12.4. The Morgan fingerprint density at radius 2 is 1.76 bits per heavy atom. The van der Waals surface area contributed by atoms with E-state index < -0.39 is 17.9 Å². The van der Waals surface area contributed by atoms with E-state index in [0.717, 1.165) is 5.56 Å². The number of ether oxygens (including phenoxy) is 1. The number of hydrogen-bond acceptors (Lipinski definition) is 5. The van der Waals surface area contributed by atoms with Crippen molar-refractivity contribution in [1.82, 2.24) is 0 Å². The fourth-order valence-corrected chi connectivity index (χ4v) is 5.30. The molecule has 0 saturated heterocycles. The Morgan fingerprint density at radius 1 is 1.00 bits per heavy atom. The molecule has 1 aliphatic carbocycles. The minimum Gasteiger partial charge on any atom is -0.497 e. The van der Waals surface area contributed by atoms with Crippen LogP contribution in [0.5, 0.6) is 5.75 Å². The first-order valence-corrected chi connectivity index (χ1v) is 12.4. The second-order valence-electron chi connectivity index (χ2n) is 9.45. The molecule has 7 nitrogen and oxygen atoms in total. The van der Waals surface area contributed by atoms with Gasteiger partial charge in [0.25, 0.3) is 0 Å². The lowest BCUT2D eigenvalue weighted by Crippen LogP contribution is -2.38. The average Bonchev–Trinajstić information content (AvgIpc) is 3.07. The number of carbonyl (C=O) groups is 3. The number of carbonyl (C=O) groups excluding carboxylic acids is 2. The maximum absolute atomic E-state index is 13.9. The zero-order valence-corrected chi connectivity index (χ0v) is 20.8. The molecule has 194 valence electrons. The standard InChI is InChI=1S/C30H27FN2O5/c1-38-22-6-4-5-19(15-22)30-29-24(16-20(17-26(29)34)18-9-11-21(31)12-10-18)32-23-7-2-3-8-25(23)33(30)27(35)13-14-28(36)37/h2-12,15,20,30,32H,13-14,16-17H2,1H3,(H,36,37)/t20-,30-/m1/s1. The van der Waals surface area contributed by atoms with E-state index in [1.165, 1.54) is 12.1 Å². The smallest absolute Gasteiger partial charge is 0.303 e. The van der Waals surface area contributed by atoms with Crippen LogP contribution in [0.1, 0.15) is 48.8 Å². The van der Waals surface area contributed by atoms with Crippen molar-refractivity contribution in [2.75, 3.05) is 17.3 Å². The van der Waals surface area contributed by atoms with Crippen LogP contribution in [0.2, 0.25) is 0 Å². The number of benzene rings is 3. The number of Topliss-reactive ketones (excluding diaryl/α,β-unsaturated/α-hetero) is 1. The molecule has 0 saturated carbocycles. The van der Waals surface area contributed by atoms with Crippen LogP contribution in [-0.2, 0) is 14.4 Å². The lowest BCUT2D eigenvalue weighted by Gasteiger charge is -2.35. The van der Waals surface area contributed by atoms with Crippen molar-refractivity contribution in [3.05, 3.63) is 101 Å². The number of carboxylic acids is 1. The van der Waals surface area contributed by atoms with Crippen LogP contribution < -0.4 is 15.0 Å². The third-order valence-corrected chi connectivity index (χ3v) is 7.06. The number of fused-ring (bicyclic) bond motifs is 1. The number of carboxylic acid groups (broad SMARTS) is 1. The Bertz CT molecular complexity index is 1430. The molecule has 0 unspecified atom stereocenters. The monoisotopic (exact) mass is 514 g/mol. The molecule has 2 aliphatic rings. The molecule has 8 heteroatoms. The van der Waals surface area contributed by atoms with Crippen molar-refractivity contribution >= 4 is 29.0 Å². The second kappa shape index (κ2) is 10.5. The molecule has 3 aromatic carbocycles. The van der Waals surface area contributed by atoms with Gasteiger partial charge in [0, 0.05) is 24.1 Å². The van der Waals surface area contributed by atoms with Crippen molar-refractivity contribution in [1.29, 1.82) is 0 Å².